The fourth-order valence-corrected chi connectivity index (χ4v) is 2.23. The first-order chi connectivity index (χ1) is 12.1. The van der Waals surface area contributed by atoms with Gasteiger partial charge in [-0.3, -0.25) is 4.99 Å². The third-order valence-electron chi connectivity index (χ3n) is 3.64. The second kappa shape index (κ2) is 9.81. The highest BCUT2D eigenvalue weighted by molar-refractivity contribution is 5.79. The first-order valence-corrected chi connectivity index (χ1v) is 8.81. The van der Waals surface area contributed by atoms with E-state index in [0.29, 0.717) is 18.4 Å². The van der Waals surface area contributed by atoms with Gasteiger partial charge in [0, 0.05) is 31.6 Å². The van der Waals surface area contributed by atoms with Crippen LogP contribution in [0.5, 0.6) is 0 Å². The summed E-state index contributed by atoms with van der Waals surface area (Å²) in [5.74, 6) is 1.71. The molecule has 1 heterocycles. The molecule has 0 radical (unpaired) electrons. The molecule has 0 saturated heterocycles. The van der Waals surface area contributed by atoms with Crippen LogP contribution in [-0.4, -0.2) is 30.6 Å². The van der Waals surface area contributed by atoms with Gasteiger partial charge in [0.2, 0.25) is 5.89 Å². The van der Waals surface area contributed by atoms with Crippen LogP contribution in [0.15, 0.2) is 39.9 Å². The van der Waals surface area contributed by atoms with Gasteiger partial charge in [0.1, 0.15) is 12.1 Å². The van der Waals surface area contributed by atoms with Gasteiger partial charge in [-0.25, -0.2) is 9.37 Å². The Bertz CT molecular complexity index is 664. The minimum Gasteiger partial charge on any atom is -0.444 e. The number of benzene rings is 1. The molecular formula is C19H27FN4O. The molecule has 0 fully saturated rings. The fraction of sp³-hybridized carbons (Fsp3) is 0.474. The Morgan fingerprint density at radius 1 is 1.24 bits per heavy atom. The molecule has 2 rings (SSSR count). The molecular weight excluding hydrogens is 319 g/mol. The summed E-state index contributed by atoms with van der Waals surface area (Å²) in [5, 5.41) is 6.55. The van der Waals surface area contributed by atoms with Crippen molar-refractivity contribution in [2.24, 2.45) is 10.9 Å². The number of aliphatic imine (C=N–C) groups is 1. The summed E-state index contributed by atoms with van der Waals surface area (Å²) in [5.41, 5.74) is 1.62. The number of aromatic nitrogens is 1. The summed E-state index contributed by atoms with van der Waals surface area (Å²) in [6.45, 7) is 8.78. The van der Waals surface area contributed by atoms with E-state index in [0.717, 1.165) is 43.1 Å². The van der Waals surface area contributed by atoms with Gasteiger partial charge in [-0.05, 0) is 43.5 Å². The van der Waals surface area contributed by atoms with Crippen molar-refractivity contribution in [3.63, 3.8) is 0 Å². The summed E-state index contributed by atoms with van der Waals surface area (Å²) >= 11 is 0. The van der Waals surface area contributed by atoms with E-state index < -0.39 is 0 Å². The Morgan fingerprint density at radius 3 is 2.68 bits per heavy atom. The lowest BCUT2D eigenvalue weighted by Crippen LogP contribution is -2.38. The van der Waals surface area contributed by atoms with E-state index in [2.05, 4.69) is 34.5 Å². The van der Waals surface area contributed by atoms with Crippen LogP contribution in [0.1, 0.15) is 32.9 Å². The van der Waals surface area contributed by atoms with Gasteiger partial charge in [-0.15, -0.1) is 0 Å². The molecule has 0 unspecified atom stereocenters. The molecule has 0 saturated carbocycles. The lowest BCUT2D eigenvalue weighted by Gasteiger charge is -2.11. The third-order valence-corrected chi connectivity index (χ3v) is 3.64. The number of hydrogen-bond donors (Lipinski definition) is 2. The van der Waals surface area contributed by atoms with Crippen LogP contribution in [-0.2, 0) is 6.42 Å². The van der Waals surface area contributed by atoms with Crippen molar-refractivity contribution in [1.82, 2.24) is 15.6 Å². The number of nitrogens with zero attached hydrogens (tertiary/aromatic N) is 2. The molecule has 25 heavy (non-hydrogen) atoms. The molecule has 0 aliphatic heterocycles. The molecule has 1 aromatic carbocycles. The van der Waals surface area contributed by atoms with Crippen LogP contribution < -0.4 is 10.6 Å². The Labute approximate surface area is 148 Å². The second-order valence-corrected chi connectivity index (χ2v) is 6.27. The van der Waals surface area contributed by atoms with Crippen LogP contribution in [0.3, 0.4) is 0 Å². The van der Waals surface area contributed by atoms with Crippen LogP contribution in [0, 0.1) is 11.7 Å². The lowest BCUT2D eigenvalue weighted by atomic mass is 10.1. The molecule has 1 aromatic heterocycles. The minimum atomic E-state index is -0.271. The zero-order valence-corrected chi connectivity index (χ0v) is 15.2. The van der Waals surface area contributed by atoms with Crippen LogP contribution in [0.4, 0.5) is 4.39 Å². The highest BCUT2D eigenvalue weighted by Crippen LogP contribution is 2.18. The zero-order chi connectivity index (χ0) is 18.1. The molecule has 6 heteroatoms. The first kappa shape index (κ1) is 19.0. The van der Waals surface area contributed by atoms with E-state index >= 15 is 0 Å². The zero-order valence-electron chi connectivity index (χ0n) is 15.2. The molecule has 0 atom stereocenters. The van der Waals surface area contributed by atoms with Gasteiger partial charge >= 0.3 is 0 Å². The van der Waals surface area contributed by atoms with Gasteiger partial charge in [0.05, 0.1) is 5.69 Å². The average Bonchev–Trinajstić information content (AvgIpc) is 3.04. The van der Waals surface area contributed by atoms with Crippen molar-refractivity contribution in [2.45, 2.75) is 33.6 Å². The standard InChI is InChI=1S/C19H27FN4O/c1-4-21-19(22-11-9-14(2)3)23-12-10-17-13-25-18(24-17)15-5-7-16(20)8-6-15/h5-8,13-14H,4,9-12H2,1-3H3,(H2,21,22,23). The molecule has 0 bridgehead atoms. The maximum atomic E-state index is 13.0. The van der Waals surface area contributed by atoms with E-state index in [4.69, 9.17) is 4.42 Å². The maximum absolute atomic E-state index is 13.0. The third kappa shape index (κ3) is 6.57. The Hall–Kier alpha value is -2.37. The van der Waals surface area contributed by atoms with Gasteiger partial charge < -0.3 is 15.1 Å². The van der Waals surface area contributed by atoms with Crippen molar-refractivity contribution in [1.29, 1.82) is 0 Å². The molecule has 2 aromatic rings. The first-order valence-electron chi connectivity index (χ1n) is 8.81. The van der Waals surface area contributed by atoms with Gasteiger partial charge in [0.25, 0.3) is 0 Å². The van der Waals surface area contributed by atoms with Crippen LogP contribution >= 0.6 is 0 Å². The quantitative estimate of drug-likeness (QED) is 0.566. The van der Waals surface area contributed by atoms with E-state index in [1.54, 1.807) is 18.4 Å². The largest absolute Gasteiger partial charge is 0.444 e. The monoisotopic (exact) mass is 346 g/mol. The smallest absolute Gasteiger partial charge is 0.226 e. The van der Waals surface area contributed by atoms with Crippen molar-refractivity contribution in [3.8, 4) is 11.5 Å². The number of guanidine groups is 1. The van der Waals surface area contributed by atoms with E-state index in [1.807, 2.05) is 6.92 Å². The normalized spacial score (nSPS) is 11.8. The highest BCUT2D eigenvalue weighted by atomic mass is 19.1. The molecule has 0 amide bonds. The lowest BCUT2D eigenvalue weighted by molar-refractivity contribution is 0.571. The van der Waals surface area contributed by atoms with E-state index in [9.17, 15) is 4.39 Å². The van der Waals surface area contributed by atoms with Crippen molar-refractivity contribution < 1.29 is 8.81 Å². The van der Waals surface area contributed by atoms with Gasteiger partial charge in [-0.1, -0.05) is 13.8 Å². The Kier molecular flexibility index (Phi) is 7.44. The number of nitrogens with one attached hydrogen (secondary N) is 2. The summed E-state index contributed by atoms with van der Waals surface area (Å²) in [7, 11) is 0. The predicted octanol–water partition coefficient (Wildman–Crippen LogP) is 3.62. The van der Waals surface area contributed by atoms with E-state index in [1.165, 1.54) is 12.1 Å². The Morgan fingerprint density at radius 2 is 2.00 bits per heavy atom. The van der Waals surface area contributed by atoms with Crippen LogP contribution in [0.2, 0.25) is 0 Å². The molecule has 2 N–H and O–H groups in total. The topological polar surface area (TPSA) is 62.5 Å². The minimum absolute atomic E-state index is 0.271. The predicted molar refractivity (Wildman–Crippen MR) is 99.0 cm³/mol. The number of halogens is 1. The highest BCUT2D eigenvalue weighted by Gasteiger charge is 2.07. The number of hydrogen-bond acceptors (Lipinski definition) is 3. The van der Waals surface area contributed by atoms with Crippen molar-refractivity contribution in [3.05, 3.63) is 42.0 Å². The second-order valence-electron chi connectivity index (χ2n) is 6.27. The van der Waals surface area contributed by atoms with Crippen LogP contribution in [0.25, 0.3) is 11.5 Å². The summed E-state index contributed by atoms with van der Waals surface area (Å²) in [6.07, 6.45) is 3.43. The SMILES string of the molecule is CCNC(=NCCC(C)C)NCCc1coc(-c2ccc(F)cc2)n1. The van der Waals surface area contributed by atoms with Crippen molar-refractivity contribution in [2.75, 3.05) is 19.6 Å². The van der Waals surface area contributed by atoms with Gasteiger partial charge in [-0.2, -0.15) is 0 Å². The van der Waals surface area contributed by atoms with Gasteiger partial charge in [0.15, 0.2) is 5.96 Å². The molecule has 5 nitrogen and oxygen atoms in total. The van der Waals surface area contributed by atoms with E-state index in [-0.39, 0.29) is 5.82 Å². The molecule has 136 valence electrons. The molecule has 0 aliphatic rings. The maximum Gasteiger partial charge on any atom is 0.226 e. The van der Waals surface area contributed by atoms with Crippen molar-refractivity contribution >= 4 is 5.96 Å². The number of rotatable bonds is 8. The number of oxazole rings is 1. The fourth-order valence-electron chi connectivity index (χ4n) is 2.23. The summed E-state index contributed by atoms with van der Waals surface area (Å²) in [4.78, 5) is 9.01. The molecule has 0 aliphatic carbocycles. The summed E-state index contributed by atoms with van der Waals surface area (Å²) < 4.78 is 18.4. The Balaban J connectivity index is 1.85. The average molecular weight is 346 g/mol. The molecule has 0 spiro atoms. The summed E-state index contributed by atoms with van der Waals surface area (Å²) in [6, 6.07) is 6.12.